The van der Waals surface area contributed by atoms with E-state index in [4.69, 9.17) is 9.47 Å². The maximum Gasteiger partial charge on any atom is 0.248 e. The summed E-state index contributed by atoms with van der Waals surface area (Å²) in [6, 6.07) is 10.9. The fraction of sp³-hybridized carbons (Fsp3) is 0.519. The van der Waals surface area contributed by atoms with Crippen LogP contribution in [0, 0.1) is 13.8 Å². The molecule has 1 amide bonds. The lowest BCUT2D eigenvalue weighted by Gasteiger charge is -2.20. The molecule has 1 aliphatic carbocycles. The summed E-state index contributed by atoms with van der Waals surface area (Å²) in [4.78, 5) is 17.3. The van der Waals surface area contributed by atoms with Gasteiger partial charge in [0, 0.05) is 33.2 Å². The number of nitrogens with zero attached hydrogens (tertiary/aromatic N) is 3. The molecule has 35 heavy (non-hydrogen) atoms. The number of hydrogen-bond acceptors (Lipinski definition) is 5. The van der Waals surface area contributed by atoms with Crippen molar-refractivity contribution in [2.75, 3.05) is 55.1 Å². The first-order chi connectivity index (χ1) is 16.6. The van der Waals surface area contributed by atoms with Crippen molar-refractivity contribution < 1.29 is 18.5 Å². The van der Waals surface area contributed by atoms with Crippen molar-refractivity contribution in [1.29, 1.82) is 0 Å². The molecular formula is C27H39N3O4S. The zero-order chi connectivity index (χ0) is 25.7. The van der Waals surface area contributed by atoms with Crippen LogP contribution < -0.4 is 4.74 Å². The molecule has 0 spiro atoms. The summed E-state index contributed by atoms with van der Waals surface area (Å²) in [6.07, 6.45) is 2.14. The molecular weight excluding hydrogens is 462 g/mol. The van der Waals surface area contributed by atoms with Gasteiger partial charge in [-0.15, -0.1) is 0 Å². The molecule has 8 heteroatoms. The standard InChI is InChI=1S/C27H39N3O4S/c1-19-12-25(33-7)13-20(2)27(19)35(32)30(6)10-11-34-18-26(31)29(5)17-21-8-9-22-15-24(28(3)4)16-23(22)14-21/h8-9,12-14,24H,10-11,15-18H2,1-7H3. The van der Waals surface area contributed by atoms with Gasteiger partial charge < -0.3 is 19.3 Å². The summed E-state index contributed by atoms with van der Waals surface area (Å²) in [5, 5.41) is 0. The molecule has 0 aliphatic heterocycles. The zero-order valence-corrected chi connectivity index (χ0v) is 22.9. The third-order valence-corrected chi connectivity index (χ3v) is 8.40. The van der Waals surface area contributed by atoms with Crippen LogP contribution in [0.5, 0.6) is 5.75 Å². The van der Waals surface area contributed by atoms with Gasteiger partial charge in [-0.25, -0.2) is 8.51 Å². The molecule has 1 aliphatic rings. The highest BCUT2D eigenvalue weighted by Crippen LogP contribution is 2.27. The second kappa shape index (κ2) is 12.1. The number of rotatable bonds is 11. The van der Waals surface area contributed by atoms with E-state index < -0.39 is 11.0 Å². The van der Waals surface area contributed by atoms with Crippen LogP contribution in [-0.2, 0) is 39.9 Å². The number of fused-ring (bicyclic) bond motifs is 1. The first-order valence-corrected chi connectivity index (χ1v) is 13.1. The van der Waals surface area contributed by atoms with Crippen LogP contribution in [0.2, 0.25) is 0 Å². The average molecular weight is 502 g/mol. The predicted molar refractivity (Wildman–Crippen MR) is 140 cm³/mol. The van der Waals surface area contributed by atoms with Crippen molar-refractivity contribution >= 4 is 16.9 Å². The average Bonchev–Trinajstić information content (AvgIpc) is 3.24. The summed E-state index contributed by atoms with van der Waals surface area (Å²) in [5.74, 6) is 0.689. The van der Waals surface area contributed by atoms with Crippen molar-refractivity contribution in [3.05, 3.63) is 58.1 Å². The van der Waals surface area contributed by atoms with Crippen LogP contribution in [0.4, 0.5) is 0 Å². The van der Waals surface area contributed by atoms with Crippen molar-refractivity contribution in [3.63, 3.8) is 0 Å². The summed E-state index contributed by atoms with van der Waals surface area (Å²) in [5.41, 5.74) is 5.78. The number of methoxy groups -OCH3 is 1. The summed E-state index contributed by atoms with van der Waals surface area (Å²) in [7, 11) is 8.16. The summed E-state index contributed by atoms with van der Waals surface area (Å²) >= 11 is 0. The molecule has 0 fully saturated rings. The van der Waals surface area contributed by atoms with Gasteiger partial charge in [0.05, 0.1) is 18.6 Å². The molecule has 0 saturated carbocycles. The van der Waals surface area contributed by atoms with Gasteiger partial charge in [0.15, 0.2) is 0 Å². The summed E-state index contributed by atoms with van der Waals surface area (Å²) < 4.78 is 25.7. The predicted octanol–water partition coefficient (Wildman–Crippen LogP) is 2.97. The molecule has 0 bridgehead atoms. The molecule has 2 aromatic rings. The highest BCUT2D eigenvalue weighted by atomic mass is 32.2. The lowest BCUT2D eigenvalue weighted by Crippen LogP contribution is -2.32. The molecule has 2 aromatic carbocycles. The number of hydrogen-bond donors (Lipinski definition) is 0. The molecule has 0 radical (unpaired) electrons. The Hall–Kier alpha value is -2.26. The third kappa shape index (κ3) is 6.91. The molecule has 0 N–H and O–H groups in total. The van der Waals surface area contributed by atoms with Gasteiger partial charge >= 0.3 is 0 Å². The van der Waals surface area contributed by atoms with E-state index in [0.29, 0.717) is 25.7 Å². The number of carbonyl (C=O) groups is 1. The molecule has 3 rings (SSSR count). The number of amides is 1. The molecule has 0 heterocycles. The lowest BCUT2D eigenvalue weighted by molar-refractivity contribution is -0.135. The molecule has 0 aromatic heterocycles. The Morgan fingerprint density at radius 3 is 2.31 bits per heavy atom. The number of likely N-dealkylation sites (N-methyl/N-ethyl adjacent to an activating group) is 3. The minimum atomic E-state index is -1.32. The largest absolute Gasteiger partial charge is 0.497 e. The van der Waals surface area contributed by atoms with E-state index in [2.05, 4.69) is 37.2 Å². The highest BCUT2D eigenvalue weighted by molar-refractivity contribution is 7.82. The van der Waals surface area contributed by atoms with Gasteiger partial charge in [-0.2, -0.15) is 0 Å². The van der Waals surface area contributed by atoms with Gasteiger partial charge in [0.2, 0.25) is 5.91 Å². The van der Waals surface area contributed by atoms with E-state index in [9.17, 15) is 9.00 Å². The van der Waals surface area contributed by atoms with Gasteiger partial charge in [-0.05, 0) is 80.7 Å². The second-order valence-corrected chi connectivity index (χ2v) is 11.2. The van der Waals surface area contributed by atoms with Gasteiger partial charge in [-0.1, -0.05) is 18.2 Å². The number of ether oxygens (including phenoxy) is 2. The van der Waals surface area contributed by atoms with E-state index in [1.165, 1.54) is 11.1 Å². The Balaban J connectivity index is 1.44. The Morgan fingerprint density at radius 1 is 1.03 bits per heavy atom. The van der Waals surface area contributed by atoms with Crippen LogP contribution in [0.25, 0.3) is 0 Å². The van der Waals surface area contributed by atoms with E-state index in [1.807, 2.05) is 26.0 Å². The maximum absolute atomic E-state index is 13.0. The zero-order valence-electron chi connectivity index (χ0n) is 22.1. The van der Waals surface area contributed by atoms with E-state index >= 15 is 0 Å². The van der Waals surface area contributed by atoms with Crippen LogP contribution in [-0.4, -0.2) is 85.3 Å². The number of benzene rings is 2. The fourth-order valence-electron chi connectivity index (χ4n) is 4.48. The minimum Gasteiger partial charge on any atom is -0.497 e. The lowest BCUT2D eigenvalue weighted by atomic mass is 10.1. The van der Waals surface area contributed by atoms with E-state index in [1.54, 1.807) is 30.4 Å². The van der Waals surface area contributed by atoms with Gasteiger partial charge in [0.1, 0.15) is 23.3 Å². The second-order valence-electron chi connectivity index (χ2n) is 9.62. The first kappa shape index (κ1) is 27.3. The Kier molecular flexibility index (Phi) is 9.47. The molecule has 192 valence electrons. The van der Waals surface area contributed by atoms with E-state index in [-0.39, 0.29) is 12.5 Å². The molecule has 2 unspecified atom stereocenters. The minimum absolute atomic E-state index is 0.00517. The molecule has 7 nitrogen and oxygen atoms in total. The maximum atomic E-state index is 13.0. The van der Waals surface area contributed by atoms with Crippen LogP contribution in [0.1, 0.15) is 27.8 Å². The monoisotopic (exact) mass is 501 g/mol. The number of aryl methyl sites for hydroxylation is 2. The topological polar surface area (TPSA) is 62.3 Å². The van der Waals surface area contributed by atoms with Crippen molar-refractivity contribution in [1.82, 2.24) is 14.1 Å². The van der Waals surface area contributed by atoms with Crippen molar-refractivity contribution in [2.24, 2.45) is 0 Å². The summed E-state index contributed by atoms with van der Waals surface area (Å²) in [6.45, 7) is 5.20. The Labute approximate surface area is 212 Å². The van der Waals surface area contributed by atoms with E-state index in [0.717, 1.165) is 40.2 Å². The fourth-order valence-corrected chi connectivity index (χ4v) is 5.70. The quantitative estimate of drug-likeness (QED) is 0.443. The molecule has 0 saturated heterocycles. The smallest absolute Gasteiger partial charge is 0.248 e. The van der Waals surface area contributed by atoms with Gasteiger partial charge in [-0.3, -0.25) is 4.79 Å². The first-order valence-electron chi connectivity index (χ1n) is 12.0. The van der Waals surface area contributed by atoms with Crippen molar-refractivity contribution in [3.8, 4) is 5.75 Å². The van der Waals surface area contributed by atoms with Crippen molar-refractivity contribution in [2.45, 2.75) is 44.2 Å². The normalized spacial score (nSPS) is 16.0. The van der Waals surface area contributed by atoms with Gasteiger partial charge in [0.25, 0.3) is 0 Å². The Morgan fingerprint density at radius 2 is 1.69 bits per heavy atom. The third-order valence-electron chi connectivity index (χ3n) is 6.66. The van der Waals surface area contributed by atoms with Crippen LogP contribution >= 0.6 is 0 Å². The highest BCUT2D eigenvalue weighted by Gasteiger charge is 2.23. The van der Waals surface area contributed by atoms with Crippen LogP contribution in [0.15, 0.2) is 35.2 Å². The SMILES string of the molecule is COc1cc(C)c(S(=O)N(C)CCOCC(=O)N(C)Cc2ccc3c(c2)CC(N(C)C)C3)c(C)c1. The van der Waals surface area contributed by atoms with Crippen LogP contribution in [0.3, 0.4) is 0 Å². The molecule has 2 atom stereocenters. The Bertz CT molecular complexity index is 1050. The number of carbonyl (C=O) groups excluding carboxylic acids is 1.